The lowest BCUT2D eigenvalue weighted by atomic mass is 9.99. The van der Waals surface area contributed by atoms with Crippen molar-refractivity contribution >= 4 is 29.8 Å². The van der Waals surface area contributed by atoms with E-state index in [1.54, 1.807) is 53.7 Å². The number of hydrogen-bond donors (Lipinski definition) is 5. The third-order valence-electron chi connectivity index (χ3n) is 7.49. The Morgan fingerprint density at radius 2 is 1.29 bits per heavy atom. The number of alkyl carbamates (subject to hydrolysis) is 1. The number of esters is 1. The molecule has 0 fully saturated rings. The van der Waals surface area contributed by atoms with Gasteiger partial charge >= 0.3 is 12.1 Å². The van der Waals surface area contributed by atoms with Gasteiger partial charge in [0.15, 0.2) is 6.10 Å². The molecule has 0 aliphatic heterocycles. The minimum atomic E-state index is -1.73. The molecule has 0 saturated carbocycles. The summed E-state index contributed by atoms with van der Waals surface area (Å²) in [7, 11) is 0. The van der Waals surface area contributed by atoms with Gasteiger partial charge in [0.05, 0.1) is 6.04 Å². The monoisotopic (exact) mass is 682 g/mol. The Balaban J connectivity index is 2.16. The number of aliphatic hydroxyl groups is 1. The lowest BCUT2D eigenvalue weighted by Gasteiger charge is -2.30. The van der Waals surface area contributed by atoms with Gasteiger partial charge < -0.3 is 35.8 Å². The van der Waals surface area contributed by atoms with Gasteiger partial charge in [0.2, 0.25) is 11.8 Å². The first-order valence-corrected chi connectivity index (χ1v) is 16.8. The van der Waals surface area contributed by atoms with E-state index in [1.807, 2.05) is 62.4 Å². The number of carbonyl (C=O) groups is 5. The predicted octanol–water partition coefficient (Wildman–Crippen LogP) is 3.79. The maximum absolute atomic E-state index is 13.5. The molecular weight excluding hydrogens is 628 g/mol. The van der Waals surface area contributed by atoms with Crippen molar-refractivity contribution in [3.8, 4) is 0 Å². The standard InChI is InChI=1S/C37H54N4O8/c1-9-27(31(42)34(45)39-28(20-23(2)3)33(44)41-30(24(4)5)35(46)49-37(6,7)8)38-32(43)29(21-25-16-12-10-13-17-25)40-36(47)48-22-26-18-14-11-15-19-26/h10-19,23-24,27-31,42H,9,20-22H2,1-8H3,(H,38,43)(H,39,45)(H,40,47)(H,41,44)/t27?,28-,29-,30+,31?/m1/s1. The summed E-state index contributed by atoms with van der Waals surface area (Å²) in [6, 6.07) is 14.0. The van der Waals surface area contributed by atoms with Gasteiger partial charge in [-0.3, -0.25) is 14.4 Å². The van der Waals surface area contributed by atoms with Gasteiger partial charge in [-0.1, -0.05) is 95.3 Å². The normalized spacial score (nSPS) is 14.5. The van der Waals surface area contributed by atoms with E-state index >= 15 is 0 Å². The topological polar surface area (TPSA) is 172 Å². The maximum Gasteiger partial charge on any atom is 0.408 e. The molecule has 2 unspecified atom stereocenters. The molecule has 2 aromatic carbocycles. The van der Waals surface area contributed by atoms with Crippen LogP contribution in [0.5, 0.6) is 0 Å². The van der Waals surface area contributed by atoms with E-state index in [0.717, 1.165) is 11.1 Å². The smallest absolute Gasteiger partial charge is 0.408 e. The molecule has 0 aliphatic carbocycles. The highest BCUT2D eigenvalue weighted by molar-refractivity contribution is 5.92. The fourth-order valence-corrected chi connectivity index (χ4v) is 4.91. The molecule has 2 aromatic rings. The Labute approximate surface area is 290 Å². The van der Waals surface area contributed by atoms with E-state index in [4.69, 9.17) is 9.47 Å². The molecule has 4 amide bonds. The second-order valence-corrected chi connectivity index (χ2v) is 13.9. The van der Waals surface area contributed by atoms with Crippen molar-refractivity contribution < 1.29 is 38.6 Å². The van der Waals surface area contributed by atoms with Gasteiger partial charge in [0, 0.05) is 6.42 Å². The molecule has 5 atom stereocenters. The average molecular weight is 683 g/mol. The number of benzene rings is 2. The third kappa shape index (κ3) is 14.7. The van der Waals surface area contributed by atoms with Crippen LogP contribution in [0.4, 0.5) is 4.79 Å². The highest BCUT2D eigenvalue weighted by Gasteiger charge is 2.35. The zero-order valence-corrected chi connectivity index (χ0v) is 29.9. The van der Waals surface area contributed by atoms with Gasteiger partial charge in [0.1, 0.15) is 30.3 Å². The Morgan fingerprint density at radius 3 is 1.80 bits per heavy atom. The summed E-state index contributed by atoms with van der Waals surface area (Å²) in [6.45, 7) is 14.2. The summed E-state index contributed by atoms with van der Waals surface area (Å²) < 4.78 is 10.8. The molecule has 12 nitrogen and oxygen atoms in total. The summed E-state index contributed by atoms with van der Waals surface area (Å²) in [5.41, 5.74) is 0.782. The minimum Gasteiger partial charge on any atom is -0.458 e. The molecule has 12 heteroatoms. The van der Waals surface area contributed by atoms with Crippen molar-refractivity contribution in [3.63, 3.8) is 0 Å². The van der Waals surface area contributed by atoms with Crippen LogP contribution in [0.3, 0.4) is 0 Å². The Hall–Kier alpha value is -4.45. The molecule has 0 aromatic heterocycles. The maximum atomic E-state index is 13.5. The summed E-state index contributed by atoms with van der Waals surface area (Å²) in [6.07, 6.45) is -2.03. The summed E-state index contributed by atoms with van der Waals surface area (Å²) in [5.74, 6) is -3.03. The number of carbonyl (C=O) groups excluding carboxylic acids is 5. The Bertz CT molecular complexity index is 1360. The fourth-order valence-electron chi connectivity index (χ4n) is 4.91. The van der Waals surface area contributed by atoms with Crippen molar-refractivity contribution in [1.29, 1.82) is 0 Å². The molecule has 0 spiro atoms. The number of aliphatic hydroxyl groups excluding tert-OH is 1. The minimum absolute atomic E-state index is 0.00360. The zero-order chi connectivity index (χ0) is 36.7. The Morgan fingerprint density at radius 1 is 0.735 bits per heavy atom. The van der Waals surface area contributed by atoms with Crippen LogP contribution in [-0.4, -0.2) is 70.8 Å². The number of hydrogen-bond acceptors (Lipinski definition) is 8. The van der Waals surface area contributed by atoms with E-state index in [1.165, 1.54) is 0 Å². The zero-order valence-electron chi connectivity index (χ0n) is 29.9. The first-order valence-electron chi connectivity index (χ1n) is 16.8. The SMILES string of the molecule is CCC(NC(=O)[C@@H](Cc1ccccc1)NC(=O)OCc1ccccc1)C(O)C(=O)N[C@H](CC(C)C)C(=O)N[C@H](C(=O)OC(C)(C)C)C(C)C. The lowest BCUT2D eigenvalue weighted by Crippen LogP contribution is -2.59. The largest absolute Gasteiger partial charge is 0.458 e. The molecule has 5 N–H and O–H groups in total. The van der Waals surface area contributed by atoms with Crippen LogP contribution < -0.4 is 21.3 Å². The van der Waals surface area contributed by atoms with Gasteiger partial charge in [-0.15, -0.1) is 0 Å². The van der Waals surface area contributed by atoms with Crippen LogP contribution in [0.2, 0.25) is 0 Å². The molecular formula is C37H54N4O8. The first kappa shape index (κ1) is 40.7. The van der Waals surface area contributed by atoms with E-state index < -0.39 is 65.7 Å². The van der Waals surface area contributed by atoms with Crippen LogP contribution in [0.1, 0.15) is 79.4 Å². The second-order valence-electron chi connectivity index (χ2n) is 13.9. The molecule has 270 valence electrons. The van der Waals surface area contributed by atoms with E-state index in [2.05, 4.69) is 21.3 Å². The molecule has 0 radical (unpaired) electrons. The second kappa shape index (κ2) is 19.5. The van der Waals surface area contributed by atoms with Gasteiger partial charge in [-0.05, 0) is 56.6 Å². The number of ether oxygens (including phenoxy) is 2. The van der Waals surface area contributed by atoms with Crippen LogP contribution in [0.15, 0.2) is 60.7 Å². The van der Waals surface area contributed by atoms with E-state index in [0.29, 0.717) is 0 Å². The van der Waals surface area contributed by atoms with E-state index in [-0.39, 0.29) is 37.7 Å². The fraction of sp³-hybridized carbons (Fsp3) is 0.541. The van der Waals surface area contributed by atoms with Crippen LogP contribution in [0, 0.1) is 11.8 Å². The summed E-state index contributed by atoms with van der Waals surface area (Å²) in [5, 5.41) is 21.7. The quantitative estimate of drug-likeness (QED) is 0.157. The third-order valence-corrected chi connectivity index (χ3v) is 7.49. The first-order chi connectivity index (χ1) is 23.0. The van der Waals surface area contributed by atoms with Gasteiger partial charge in [0.25, 0.3) is 5.91 Å². The van der Waals surface area contributed by atoms with Gasteiger partial charge in [-0.2, -0.15) is 0 Å². The van der Waals surface area contributed by atoms with Crippen molar-refractivity contribution in [2.24, 2.45) is 11.8 Å². The highest BCUT2D eigenvalue weighted by atomic mass is 16.6. The average Bonchev–Trinajstić information content (AvgIpc) is 3.03. The van der Waals surface area contributed by atoms with E-state index in [9.17, 15) is 29.1 Å². The molecule has 2 rings (SSSR count). The number of nitrogens with one attached hydrogen (secondary N) is 4. The summed E-state index contributed by atoms with van der Waals surface area (Å²) in [4.78, 5) is 65.9. The van der Waals surface area contributed by atoms with Crippen molar-refractivity contribution in [1.82, 2.24) is 21.3 Å². The van der Waals surface area contributed by atoms with Crippen molar-refractivity contribution in [2.75, 3.05) is 0 Å². The molecule has 0 bridgehead atoms. The summed E-state index contributed by atoms with van der Waals surface area (Å²) >= 11 is 0. The molecule has 0 saturated heterocycles. The highest BCUT2D eigenvalue weighted by Crippen LogP contribution is 2.14. The van der Waals surface area contributed by atoms with Crippen molar-refractivity contribution in [3.05, 3.63) is 71.8 Å². The molecule has 0 heterocycles. The van der Waals surface area contributed by atoms with Crippen molar-refractivity contribution in [2.45, 2.75) is 117 Å². The number of rotatable bonds is 17. The predicted molar refractivity (Wildman–Crippen MR) is 186 cm³/mol. The van der Waals surface area contributed by atoms with Crippen LogP contribution in [-0.2, 0) is 41.7 Å². The van der Waals surface area contributed by atoms with Crippen LogP contribution in [0.25, 0.3) is 0 Å². The molecule has 0 aliphatic rings. The molecule has 49 heavy (non-hydrogen) atoms. The van der Waals surface area contributed by atoms with Gasteiger partial charge in [-0.25, -0.2) is 9.59 Å². The Kier molecular flexibility index (Phi) is 16.2. The lowest BCUT2D eigenvalue weighted by molar-refractivity contribution is -0.160. The number of amides is 4. The van der Waals surface area contributed by atoms with Crippen LogP contribution >= 0.6 is 0 Å².